The van der Waals surface area contributed by atoms with Gasteiger partial charge in [-0.05, 0) is 13.8 Å². The molecule has 0 atom stereocenters. The Balaban J connectivity index is 2.65. The monoisotopic (exact) mass is 177 g/mol. The van der Waals surface area contributed by atoms with Crippen LogP contribution in [0.3, 0.4) is 0 Å². The van der Waals surface area contributed by atoms with Crippen LogP contribution in [0.25, 0.3) is 0 Å². The Hall–Kier alpha value is -0.350. The summed E-state index contributed by atoms with van der Waals surface area (Å²) in [7, 11) is 0. The number of hydrogen-bond acceptors (Lipinski definition) is 4. The van der Waals surface area contributed by atoms with Crippen LogP contribution in [-0.4, -0.2) is 14.8 Å². The highest BCUT2D eigenvalue weighted by molar-refractivity contribution is 6.99. The predicted octanol–water partition coefficient (Wildman–Crippen LogP) is 2.01. The van der Waals surface area contributed by atoms with E-state index < -0.39 is 0 Å². The first kappa shape index (κ1) is 7.75. The average Bonchev–Trinajstić information content (AvgIpc) is 2.15. The lowest BCUT2D eigenvalue weighted by atomic mass is 10.4. The Kier molecular flexibility index (Phi) is 2.45. The van der Waals surface area contributed by atoms with Crippen LogP contribution in [0.15, 0.2) is 0 Å². The minimum Gasteiger partial charge on any atom is -0.364 e. The fraction of sp³-hybridized carbons (Fsp3) is 0.600. The topological polar surface area (TPSA) is 37.8 Å². The van der Waals surface area contributed by atoms with Gasteiger partial charge in [0.05, 0.1) is 11.7 Å². The summed E-state index contributed by atoms with van der Waals surface area (Å²) < 4.78 is 7.75. The molecule has 0 aromatic carbocycles. The van der Waals surface area contributed by atoms with Crippen molar-refractivity contribution >= 4 is 29.1 Å². The normalized spacial score (nSPS) is 10.4. The lowest BCUT2D eigenvalue weighted by molar-refractivity contribution is 0.893. The summed E-state index contributed by atoms with van der Waals surface area (Å²) in [4.78, 5) is 0. The van der Waals surface area contributed by atoms with Crippen LogP contribution in [0.5, 0.6) is 0 Å². The van der Waals surface area contributed by atoms with E-state index >= 15 is 0 Å². The third-order valence-corrected chi connectivity index (χ3v) is 1.77. The van der Waals surface area contributed by atoms with Crippen molar-refractivity contribution < 1.29 is 0 Å². The van der Waals surface area contributed by atoms with Crippen molar-refractivity contribution in [2.75, 3.05) is 5.32 Å². The van der Waals surface area contributed by atoms with Gasteiger partial charge in [-0.2, -0.15) is 8.75 Å². The van der Waals surface area contributed by atoms with Gasteiger partial charge in [-0.25, -0.2) is 0 Å². The second-order valence-electron chi connectivity index (χ2n) is 2.20. The standard InChI is InChI=1S/C5H8ClN3S/c1-3(2)7-5-4(6)8-10-9-5/h3H,1-2H3,(H,7,9). The summed E-state index contributed by atoms with van der Waals surface area (Å²) in [6, 6.07) is 0.349. The van der Waals surface area contributed by atoms with E-state index in [1.165, 1.54) is 0 Å². The first-order valence-corrected chi connectivity index (χ1v) is 4.05. The van der Waals surface area contributed by atoms with Gasteiger partial charge in [-0.15, -0.1) is 0 Å². The fourth-order valence-corrected chi connectivity index (χ4v) is 1.20. The largest absolute Gasteiger partial charge is 0.364 e. The van der Waals surface area contributed by atoms with Crippen molar-refractivity contribution in [2.45, 2.75) is 19.9 Å². The molecule has 56 valence electrons. The van der Waals surface area contributed by atoms with Gasteiger partial charge >= 0.3 is 0 Å². The first-order chi connectivity index (χ1) is 4.70. The van der Waals surface area contributed by atoms with Crippen LogP contribution in [0.2, 0.25) is 5.15 Å². The minimum atomic E-state index is 0.349. The number of nitrogens with one attached hydrogen (secondary N) is 1. The zero-order valence-electron chi connectivity index (χ0n) is 5.76. The highest BCUT2D eigenvalue weighted by Crippen LogP contribution is 2.18. The second kappa shape index (κ2) is 3.16. The molecule has 1 aromatic rings. The third-order valence-electron chi connectivity index (χ3n) is 0.874. The number of rotatable bonds is 2. The van der Waals surface area contributed by atoms with Crippen molar-refractivity contribution in [3.63, 3.8) is 0 Å². The Labute approximate surface area is 68.7 Å². The Morgan fingerprint density at radius 1 is 1.50 bits per heavy atom. The first-order valence-electron chi connectivity index (χ1n) is 2.94. The molecular formula is C5H8ClN3S. The molecule has 10 heavy (non-hydrogen) atoms. The molecular weight excluding hydrogens is 170 g/mol. The van der Waals surface area contributed by atoms with Crippen molar-refractivity contribution in [2.24, 2.45) is 0 Å². The van der Waals surface area contributed by atoms with Gasteiger partial charge in [0, 0.05) is 6.04 Å². The molecule has 0 aliphatic rings. The summed E-state index contributed by atoms with van der Waals surface area (Å²) in [6.07, 6.45) is 0. The van der Waals surface area contributed by atoms with Crippen LogP contribution in [0, 0.1) is 0 Å². The van der Waals surface area contributed by atoms with Crippen LogP contribution in [0.1, 0.15) is 13.8 Å². The maximum Gasteiger partial charge on any atom is 0.186 e. The van der Waals surface area contributed by atoms with Crippen LogP contribution in [0.4, 0.5) is 5.82 Å². The zero-order valence-corrected chi connectivity index (χ0v) is 7.33. The second-order valence-corrected chi connectivity index (χ2v) is 3.09. The molecule has 0 unspecified atom stereocenters. The van der Waals surface area contributed by atoms with E-state index in [1.54, 1.807) is 0 Å². The molecule has 0 amide bonds. The van der Waals surface area contributed by atoms with Crippen molar-refractivity contribution in [3.8, 4) is 0 Å². The molecule has 1 heterocycles. The summed E-state index contributed by atoms with van der Waals surface area (Å²) in [5, 5.41) is 3.52. The summed E-state index contributed by atoms with van der Waals surface area (Å²) in [6.45, 7) is 4.05. The van der Waals surface area contributed by atoms with Crippen molar-refractivity contribution in [1.29, 1.82) is 0 Å². The summed E-state index contributed by atoms with van der Waals surface area (Å²) >= 11 is 6.77. The average molecular weight is 178 g/mol. The molecule has 0 saturated heterocycles. The van der Waals surface area contributed by atoms with E-state index in [9.17, 15) is 0 Å². The molecule has 0 bridgehead atoms. The van der Waals surface area contributed by atoms with Crippen LogP contribution >= 0.6 is 23.3 Å². The SMILES string of the molecule is CC(C)Nc1nsnc1Cl. The van der Waals surface area contributed by atoms with Gasteiger partial charge < -0.3 is 5.32 Å². The van der Waals surface area contributed by atoms with E-state index in [0.717, 1.165) is 11.7 Å². The molecule has 1 aromatic heterocycles. The summed E-state index contributed by atoms with van der Waals surface area (Å²) in [5.41, 5.74) is 0. The maximum atomic E-state index is 5.66. The molecule has 0 saturated carbocycles. The molecule has 0 aliphatic carbocycles. The van der Waals surface area contributed by atoms with E-state index in [1.807, 2.05) is 13.8 Å². The fourth-order valence-electron chi connectivity index (χ4n) is 0.537. The number of anilines is 1. The lowest BCUT2D eigenvalue weighted by Crippen LogP contribution is -2.09. The highest BCUT2D eigenvalue weighted by atomic mass is 35.5. The molecule has 0 spiro atoms. The maximum absolute atomic E-state index is 5.66. The van der Waals surface area contributed by atoms with E-state index in [2.05, 4.69) is 14.1 Å². The van der Waals surface area contributed by atoms with Gasteiger partial charge in [0.25, 0.3) is 0 Å². The Morgan fingerprint density at radius 3 is 2.60 bits per heavy atom. The van der Waals surface area contributed by atoms with Crippen molar-refractivity contribution in [3.05, 3.63) is 5.15 Å². The number of nitrogens with zero attached hydrogens (tertiary/aromatic N) is 2. The Morgan fingerprint density at radius 2 is 2.20 bits per heavy atom. The van der Waals surface area contributed by atoms with Crippen LogP contribution in [-0.2, 0) is 0 Å². The molecule has 0 aliphatic heterocycles. The number of halogens is 1. The smallest absolute Gasteiger partial charge is 0.186 e. The van der Waals surface area contributed by atoms with Gasteiger partial charge in [-0.1, -0.05) is 11.6 Å². The molecule has 3 nitrogen and oxygen atoms in total. The zero-order chi connectivity index (χ0) is 7.56. The lowest BCUT2D eigenvalue weighted by Gasteiger charge is -2.04. The molecule has 1 N–H and O–H groups in total. The third kappa shape index (κ3) is 1.82. The molecule has 0 radical (unpaired) electrons. The van der Waals surface area contributed by atoms with Gasteiger partial charge in [0.15, 0.2) is 11.0 Å². The quantitative estimate of drug-likeness (QED) is 0.751. The van der Waals surface area contributed by atoms with E-state index in [0.29, 0.717) is 17.0 Å². The molecule has 0 fully saturated rings. The Bertz CT molecular complexity index is 210. The minimum absolute atomic E-state index is 0.349. The van der Waals surface area contributed by atoms with E-state index in [-0.39, 0.29) is 0 Å². The molecule has 1 rings (SSSR count). The van der Waals surface area contributed by atoms with Crippen LogP contribution < -0.4 is 5.32 Å². The van der Waals surface area contributed by atoms with Gasteiger partial charge in [0.2, 0.25) is 0 Å². The number of hydrogen-bond donors (Lipinski definition) is 1. The van der Waals surface area contributed by atoms with E-state index in [4.69, 9.17) is 11.6 Å². The molecule has 5 heteroatoms. The summed E-state index contributed by atoms with van der Waals surface area (Å²) in [5.74, 6) is 0.682. The van der Waals surface area contributed by atoms with Gasteiger partial charge in [-0.3, -0.25) is 0 Å². The highest BCUT2D eigenvalue weighted by Gasteiger charge is 2.04. The predicted molar refractivity (Wildman–Crippen MR) is 43.7 cm³/mol. The van der Waals surface area contributed by atoms with Gasteiger partial charge in [0.1, 0.15) is 0 Å². The number of aromatic nitrogens is 2. The van der Waals surface area contributed by atoms with Crippen molar-refractivity contribution in [1.82, 2.24) is 8.75 Å².